The number of thiazole rings is 1. The van der Waals surface area contributed by atoms with E-state index in [2.05, 4.69) is 27.6 Å². The molecular weight excluding hydrogens is 519 g/mol. The van der Waals surface area contributed by atoms with Gasteiger partial charge in [0.2, 0.25) is 0 Å². The molecule has 30 heavy (non-hydrogen) atoms. The number of hydrogen-bond donors (Lipinski definition) is 0. The molecule has 154 valence electrons. The summed E-state index contributed by atoms with van der Waals surface area (Å²) in [5.74, 6) is 0.477. The fourth-order valence-corrected chi connectivity index (χ4v) is 4.83. The van der Waals surface area contributed by atoms with E-state index < -0.39 is 5.97 Å². The van der Waals surface area contributed by atoms with Crippen LogP contribution in [0.1, 0.15) is 12.5 Å². The molecule has 4 rings (SSSR count). The Bertz CT molecular complexity index is 1360. The van der Waals surface area contributed by atoms with E-state index in [4.69, 9.17) is 14.2 Å². The smallest absolute Gasteiger partial charge is 0.344 e. The summed E-state index contributed by atoms with van der Waals surface area (Å²) in [4.78, 5) is 29.7. The third kappa shape index (κ3) is 3.86. The zero-order chi connectivity index (χ0) is 21.3. The van der Waals surface area contributed by atoms with Crippen LogP contribution >= 0.6 is 33.9 Å². The molecule has 0 radical (unpaired) electrons. The Kier molecular flexibility index (Phi) is 5.91. The van der Waals surface area contributed by atoms with Crippen molar-refractivity contribution >= 4 is 62.0 Å². The van der Waals surface area contributed by atoms with E-state index in [0.29, 0.717) is 27.6 Å². The van der Waals surface area contributed by atoms with Crippen molar-refractivity contribution in [2.24, 2.45) is 0 Å². The summed E-state index contributed by atoms with van der Waals surface area (Å²) >= 11 is 3.45. The van der Waals surface area contributed by atoms with Crippen molar-refractivity contribution in [3.05, 3.63) is 60.4 Å². The summed E-state index contributed by atoms with van der Waals surface area (Å²) in [5, 5.41) is 0. The Labute approximate surface area is 189 Å². The number of halogens is 1. The topological polar surface area (TPSA) is 79.1 Å². The standard InChI is InChI=1S/C21H17IN2O5S/c1-3-28-18(25)11-29-19-13(22)8-12(9-16(19)27-2)10-17-20(26)24-15-7-5-4-6-14(15)23-21(24)30-17/h4-10H,3,11H2,1-2H3/b17-10-. The highest BCUT2D eigenvalue weighted by Gasteiger charge is 2.15. The van der Waals surface area contributed by atoms with Crippen LogP contribution in [-0.4, -0.2) is 35.7 Å². The summed E-state index contributed by atoms with van der Waals surface area (Å²) in [6.45, 7) is 1.83. The van der Waals surface area contributed by atoms with Crippen molar-refractivity contribution in [1.82, 2.24) is 9.38 Å². The average Bonchev–Trinajstić information content (AvgIpc) is 3.23. The van der Waals surface area contributed by atoms with Crippen molar-refractivity contribution in [3.63, 3.8) is 0 Å². The minimum atomic E-state index is -0.448. The Hall–Kier alpha value is -2.66. The molecular formula is C21H17IN2O5S. The van der Waals surface area contributed by atoms with Crippen LogP contribution < -0.4 is 19.6 Å². The number of para-hydroxylation sites is 2. The van der Waals surface area contributed by atoms with Crippen LogP contribution in [0.15, 0.2) is 41.2 Å². The Morgan fingerprint density at radius 3 is 2.87 bits per heavy atom. The number of esters is 1. The molecule has 2 aromatic heterocycles. The van der Waals surface area contributed by atoms with Gasteiger partial charge in [0, 0.05) is 0 Å². The monoisotopic (exact) mass is 536 g/mol. The van der Waals surface area contributed by atoms with Crippen LogP contribution in [-0.2, 0) is 9.53 Å². The van der Waals surface area contributed by atoms with Crippen LogP contribution in [0.5, 0.6) is 11.5 Å². The highest BCUT2D eigenvalue weighted by atomic mass is 127. The van der Waals surface area contributed by atoms with Gasteiger partial charge in [-0.3, -0.25) is 4.79 Å². The van der Waals surface area contributed by atoms with Crippen molar-refractivity contribution < 1.29 is 19.0 Å². The number of ether oxygens (including phenoxy) is 3. The number of nitrogens with zero attached hydrogens (tertiary/aromatic N) is 2. The number of benzene rings is 2. The zero-order valence-corrected chi connectivity index (χ0v) is 19.2. The molecule has 0 saturated heterocycles. The molecule has 9 heteroatoms. The lowest BCUT2D eigenvalue weighted by molar-refractivity contribution is -0.145. The minimum absolute atomic E-state index is 0.111. The van der Waals surface area contributed by atoms with E-state index in [-0.39, 0.29) is 12.2 Å². The lowest BCUT2D eigenvalue weighted by Crippen LogP contribution is -2.22. The number of fused-ring (bicyclic) bond motifs is 3. The first kappa shape index (κ1) is 20.6. The van der Waals surface area contributed by atoms with Gasteiger partial charge in [0.05, 0.1) is 32.9 Å². The SMILES string of the molecule is CCOC(=O)COc1c(I)cc(/C=c2\sc3nc4ccccc4n3c2=O)cc1OC. The molecule has 4 aromatic rings. The fourth-order valence-electron chi connectivity index (χ4n) is 3.06. The van der Waals surface area contributed by atoms with Crippen molar-refractivity contribution in [2.45, 2.75) is 6.92 Å². The Morgan fingerprint density at radius 2 is 2.10 bits per heavy atom. The van der Waals surface area contributed by atoms with Gasteiger partial charge in [0.1, 0.15) is 0 Å². The van der Waals surface area contributed by atoms with Crippen LogP contribution in [0.2, 0.25) is 0 Å². The second-order valence-electron chi connectivity index (χ2n) is 6.26. The van der Waals surface area contributed by atoms with Crippen molar-refractivity contribution in [2.75, 3.05) is 20.3 Å². The van der Waals surface area contributed by atoms with Gasteiger partial charge in [-0.05, 0) is 65.4 Å². The van der Waals surface area contributed by atoms with E-state index >= 15 is 0 Å². The molecule has 2 heterocycles. The van der Waals surface area contributed by atoms with E-state index in [1.807, 2.05) is 30.3 Å². The highest BCUT2D eigenvalue weighted by Crippen LogP contribution is 2.34. The molecule has 0 aliphatic heterocycles. The van der Waals surface area contributed by atoms with Gasteiger partial charge in [-0.1, -0.05) is 23.5 Å². The largest absolute Gasteiger partial charge is 0.493 e. The molecule has 2 aromatic carbocycles. The van der Waals surface area contributed by atoms with E-state index in [9.17, 15) is 9.59 Å². The van der Waals surface area contributed by atoms with Gasteiger partial charge in [-0.2, -0.15) is 0 Å². The second kappa shape index (κ2) is 8.60. The lowest BCUT2D eigenvalue weighted by atomic mass is 10.2. The quantitative estimate of drug-likeness (QED) is 0.279. The van der Waals surface area contributed by atoms with Gasteiger partial charge >= 0.3 is 5.97 Å². The molecule has 0 bridgehead atoms. The first-order chi connectivity index (χ1) is 14.5. The highest BCUT2D eigenvalue weighted by molar-refractivity contribution is 14.1. The van der Waals surface area contributed by atoms with Crippen LogP contribution in [0.4, 0.5) is 0 Å². The zero-order valence-electron chi connectivity index (χ0n) is 16.2. The van der Waals surface area contributed by atoms with Crippen molar-refractivity contribution in [3.8, 4) is 11.5 Å². The van der Waals surface area contributed by atoms with E-state index in [0.717, 1.165) is 20.2 Å². The van der Waals surface area contributed by atoms with Crippen LogP contribution in [0.25, 0.3) is 22.1 Å². The predicted octanol–water partition coefficient (Wildman–Crippen LogP) is 3.01. The molecule has 0 saturated carbocycles. The normalized spacial score (nSPS) is 11.9. The summed E-state index contributed by atoms with van der Waals surface area (Å²) in [6.07, 6.45) is 1.80. The number of carbonyl (C=O) groups excluding carboxylic acids is 1. The number of aromatic nitrogens is 2. The maximum absolute atomic E-state index is 12.9. The maximum atomic E-state index is 12.9. The Balaban J connectivity index is 1.73. The molecule has 0 fully saturated rings. The summed E-state index contributed by atoms with van der Waals surface area (Å²) in [5.41, 5.74) is 2.26. The minimum Gasteiger partial charge on any atom is -0.493 e. The molecule has 0 amide bonds. The molecule has 0 atom stereocenters. The molecule has 7 nitrogen and oxygen atoms in total. The summed E-state index contributed by atoms with van der Waals surface area (Å²) in [6, 6.07) is 11.2. The molecule has 0 aliphatic rings. The Morgan fingerprint density at radius 1 is 1.30 bits per heavy atom. The second-order valence-corrected chi connectivity index (χ2v) is 8.43. The molecule has 0 aliphatic carbocycles. The van der Waals surface area contributed by atoms with Gasteiger partial charge in [-0.15, -0.1) is 0 Å². The number of methoxy groups -OCH3 is 1. The van der Waals surface area contributed by atoms with Gasteiger partial charge in [0.15, 0.2) is 23.1 Å². The predicted molar refractivity (Wildman–Crippen MR) is 123 cm³/mol. The van der Waals surface area contributed by atoms with Gasteiger partial charge < -0.3 is 14.2 Å². The van der Waals surface area contributed by atoms with Gasteiger partial charge in [-0.25, -0.2) is 14.2 Å². The van der Waals surface area contributed by atoms with Gasteiger partial charge in [0.25, 0.3) is 5.56 Å². The third-order valence-electron chi connectivity index (χ3n) is 4.33. The fraction of sp³-hybridized carbons (Fsp3) is 0.190. The molecule has 0 N–H and O–H groups in total. The third-order valence-corrected chi connectivity index (χ3v) is 6.10. The summed E-state index contributed by atoms with van der Waals surface area (Å²) in [7, 11) is 1.52. The number of rotatable bonds is 6. The van der Waals surface area contributed by atoms with E-state index in [1.54, 1.807) is 23.5 Å². The lowest BCUT2D eigenvalue weighted by Gasteiger charge is -2.13. The molecule has 0 spiro atoms. The number of imidazole rings is 1. The summed E-state index contributed by atoms with van der Waals surface area (Å²) < 4.78 is 18.9. The first-order valence-corrected chi connectivity index (χ1v) is 11.0. The number of hydrogen-bond acceptors (Lipinski definition) is 7. The van der Waals surface area contributed by atoms with Crippen LogP contribution in [0, 0.1) is 3.57 Å². The van der Waals surface area contributed by atoms with E-state index in [1.165, 1.54) is 18.4 Å². The first-order valence-electron chi connectivity index (χ1n) is 9.09. The van der Waals surface area contributed by atoms with Crippen molar-refractivity contribution in [1.29, 1.82) is 0 Å². The maximum Gasteiger partial charge on any atom is 0.344 e. The number of carbonyl (C=O) groups is 1. The molecule has 0 unspecified atom stereocenters. The average molecular weight is 536 g/mol. The van der Waals surface area contributed by atoms with Crippen LogP contribution in [0.3, 0.4) is 0 Å².